The minimum Gasteiger partial charge on any atom is -0.211 e. The topological polar surface area (TPSA) is 57.9 Å². The molecule has 0 aromatic heterocycles. The van der Waals surface area contributed by atoms with Gasteiger partial charge in [-0.25, -0.2) is 8.42 Å². The second-order valence-corrected chi connectivity index (χ2v) is 3.66. The summed E-state index contributed by atoms with van der Waals surface area (Å²) in [7, 11) is -3.50. The third kappa shape index (κ3) is 2.28. The molecule has 0 aromatic carbocycles. The van der Waals surface area contributed by atoms with Crippen molar-refractivity contribution in [1.29, 1.82) is 0 Å². The lowest BCUT2D eigenvalue weighted by Crippen LogP contribution is -2.16. The maximum Gasteiger partial charge on any atom is 0.227 e. The summed E-state index contributed by atoms with van der Waals surface area (Å²) in [5.41, 5.74) is 0. The van der Waals surface area contributed by atoms with Gasteiger partial charge in [-0.2, -0.15) is 0 Å². The Morgan fingerprint density at radius 3 is 2.00 bits per heavy atom. The second kappa shape index (κ2) is 2.46. The number of hydrogen-bond acceptors (Lipinski definition) is 2. The Hall–Kier alpha value is -0.0900. The molecule has 0 aliphatic carbocycles. The van der Waals surface area contributed by atoms with Gasteiger partial charge in [-0.15, -0.1) is 5.14 Å². The van der Waals surface area contributed by atoms with Gasteiger partial charge in [0.2, 0.25) is 10.0 Å². The fourth-order valence-electron chi connectivity index (χ4n) is 0.219. The Balaban J connectivity index is 4.04. The van der Waals surface area contributed by atoms with Crippen molar-refractivity contribution in [3.63, 3.8) is 0 Å². The van der Waals surface area contributed by atoms with Crippen LogP contribution < -0.4 is 5.14 Å². The molecule has 0 aliphatic rings. The average molecular weight is 136 g/mol. The first-order valence-electron chi connectivity index (χ1n) is 2.47. The number of rotatable bonds is 2. The molecule has 1 unspecified atom stereocenters. The van der Waals surface area contributed by atoms with Gasteiger partial charge in [0.15, 0.2) is 0 Å². The Kier molecular flexibility index (Phi) is 2.43. The molecule has 0 fully saturated rings. The van der Waals surface area contributed by atoms with Crippen LogP contribution >= 0.6 is 0 Å². The summed E-state index contributed by atoms with van der Waals surface area (Å²) in [6, 6.07) is 0. The fraction of sp³-hybridized carbons (Fsp3) is 1.00. The molecule has 0 heterocycles. The number of sulfonamides is 1. The normalized spacial score (nSPS) is 15.9. The maximum absolute atomic E-state index is 10.2. The molecule has 0 amide bonds. The van der Waals surface area contributed by atoms with Crippen LogP contribution in [0.2, 0.25) is 0 Å². The van der Waals surface area contributed by atoms with E-state index < -0.39 is 15.3 Å². The van der Waals surface area contributed by atoms with Gasteiger partial charge in [0, 0.05) is 0 Å². The molecule has 0 bridgehead atoms. The average Bonchev–Trinajstić information content (AvgIpc) is 1.62. The van der Waals surface area contributed by atoms with Crippen molar-refractivity contribution in [3.05, 3.63) is 0 Å². The highest BCUT2D eigenvalue weighted by molar-refractivity contribution is 7.89. The molecule has 0 spiro atoms. The molecule has 49 valence electrons. The highest BCUT2D eigenvalue weighted by atomic mass is 32.2. The Morgan fingerprint density at radius 1 is 1.62 bits per heavy atom. The van der Waals surface area contributed by atoms with Crippen molar-refractivity contribution >= 4 is 10.0 Å². The number of nitrogens with one attached hydrogen (secondary N) is 1. The zero-order valence-corrected chi connectivity index (χ0v) is 5.83. The third-order valence-corrected chi connectivity index (χ3v) is 2.50. The van der Waals surface area contributed by atoms with E-state index in [2.05, 4.69) is 0 Å². The monoisotopic (exact) mass is 136 g/mol. The third-order valence-electron chi connectivity index (χ3n) is 1.10. The molecule has 0 saturated heterocycles. The first-order chi connectivity index (χ1) is 3.48. The quantitative estimate of drug-likeness (QED) is 0.551. The molecule has 1 radical (unpaired) electrons. The summed E-state index contributed by atoms with van der Waals surface area (Å²) in [5.74, 6) is 0. The van der Waals surface area contributed by atoms with Gasteiger partial charge in [-0.3, -0.25) is 0 Å². The molecule has 0 rings (SSSR count). The molecule has 1 atom stereocenters. The van der Waals surface area contributed by atoms with E-state index in [1.54, 1.807) is 6.92 Å². The van der Waals surface area contributed by atoms with Crippen LogP contribution in [0, 0.1) is 0 Å². The van der Waals surface area contributed by atoms with E-state index in [9.17, 15) is 8.42 Å². The van der Waals surface area contributed by atoms with E-state index in [4.69, 9.17) is 5.14 Å². The van der Waals surface area contributed by atoms with Crippen LogP contribution in [-0.4, -0.2) is 13.7 Å². The first kappa shape index (κ1) is 7.91. The van der Waals surface area contributed by atoms with Crippen LogP contribution in [0.1, 0.15) is 20.3 Å². The molecule has 0 aromatic rings. The van der Waals surface area contributed by atoms with Gasteiger partial charge in [0.1, 0.15) is 0 Å². The van der Waals surface area contributed by atoms with Crippen LogP contribution in [0.4, 0.5) is 0 Å². The summed E-state index contributed by atoms with van der Waals surface area (Å²) in [6.45, 7) is 3.28. The summed E-state index contributed by atoms with van der Waals surface area (Å²) >= 11 is 0. The lowest BCUT2D eigenvalue weighted by Gasteiger charge is -2.00. The van der Waals surface area contributed by atoms with E-state index in [1.807, 2.05) is 0 Å². The van der Waals surface area contributed by atoms with Gasteiger partial charge >= 0.3 is 0 Å². The summed E-state index contributed by atoms with van der Waals surface area (Å²) < 4.78 is 20.5. The van der Waals surface area contributed by atoms with E-state index in [0.29, 0.717) is 6.42 Å². The molecular formula is C4H10NO2S. The van der Waals surface area contributed by atoms with Crippen molar-refractivity contribution < 1.29 is 8.42 Å². The standard InChI is InChI=1S/C4H10NO2S/c1-3-4(2)8(5,6)7/h4-5H,3H2,1-2H3. The summed E-state index contributed by atoms with van der Waals surface area (Å²) in [4.78, 5) is 0. The van der Waals surface area contributed by atoms with E-state index in [1.165, 1.54) is 6.92 Å². The highest BCUT2D eigenvalue weighted by Gasteiger charge is 2.12. The largest absolute Gasteiger partial charge is 0.227 e. The van der Waals surface area contributed by atoms with Gasteiger partial charge in [0.25, 0.3) is 0 Å². The van der Waals surface area contributed by atoms with Gasteiger partial charge < -0.3 is 0 Å². The van der Waals surface area contributed by atoms with Crippen molar-refractivity contribution in [3.8, 4) is 0 Å². The minimum atomic E-state index is -3.50. The maximum atomic E-state index is 10.2. The Bertz CT molecular complexity index is 149. The van der Waals surface area contributed by atoms with Crippen LogP contribution in [-0.2, 0) is 10.0 Å². The van der Waals surface area contributed by atoms with Crippen LogP contribution in [0.5, 0.6) is 0 Å². The summed E-state index contributed by atoms with van der Waals surface area (Å²) in [5, 5.41) is 6.00. The van der Waals surface area contributed by atoms with Crippen LogP contribution in [0.25, 0.3) is 0 Å². The first-order valence-corrected chi connectivity index (χ1v) is 4.01. The predicted octanol–water partition coefficient (Wildman–Crippen LogP) is 0.398. The van der Waals surface area contributed by atoms with E-state index >= 15 is 0 Å². The molecule has 8 heavy (non-hydrogen) atoms. The molecule has 4 heteroatoms. The van der Waals surface area contributed by atoms with Crippen molar-refractivity contribution in [2.24, 2.45) is 0 Å². The predicted molar refractivity (Wildman–Crippen MR) is 31.8 cm³/mol. The van der Waals surface area contributed by atoms with Crippen molar-refractivity contribution in [1.82, 2.24) is 5.14 Å². The van der Waals surface area contributed by atoms with Gasteiger partial charge in [-0.05, 0) is 13.3 Å². The van der Waals surface area contributed by atoms with Crippen LogP contribution in [0.15, 0.2) is 0 Å². The smallest absolute Gasteiger partial charge is 0.211 e. The molecular weight excluding hydrogens is 126 g/mol. The van der Waals surface area contributed by atoms with Crippen LogP contribution in [0.3, 0.4) is 0 Å². The zero-order chi connectivity index (χ0) is 6.78. The highest BCUT2D eigenvalue weighted by Crippen LogP contribution is 1.99. The lowest BCUT2D eigenvalue weighted by molar-refractivity contribution is 0.581. The Morgan fingerprint density at radius 2 is 2.00 bits per heavy atom. The van der Waals surface area contributed by atoms with Crippen molar-refractivity contribution in [2.45, 2.75) is 25.5 Å². The van der Waals surface area contributed by atoms with E-state index in [0.717, 1.165) is 0 Å². The minimum absolute atomic E-state index is 0.512. The molecule has 0 saturated carbocycles. The Labute approximate surface area is 49.9 Å². The van der Waals surface area contributed by atoms with Crippen molar-refractivity contribution in [2.75, 3.05) is 0 Å². The van der Waals surface area contributed by atoms with E-state index in [-0.39, 0.29) is 0 Å². The van der Waals surface area contributed by atoms with Gasteiger partial charge in [-0.1, -0.05) is 6.92 Å². The molecule has 1 N–H and O–H groups in total. The fourth-order valence-corrected chi connectivity index (χ4v) is 0.658. The molecule has 3 nitrogen and oxygen atoms in total. The second-order valence-electron chi connectivity index (χ2n) is 1.76. The zero-order valence-electron chi connectivity index (χ0n) is 5.01. The summed E-state index contributed by atoms with van der Waals surface area (Å²) in [6.07, 6.45) is 0.520. The molecule has 0 aliphatic heterocycles. The number of hydrogen-bond donors (Lipinski definition) is 0. The lowest BCUT2D eigenvalue weighted by atomic mass is 10.4. The SMILES string of the molecule is CCC(C)S([NH])(=O)=O. The van der Waals surface area contributed by atoms with Gasteiger partial charge in [0.05, 0.1) is 5.25 Å².